The van der Waals surface area contributed by atoms with Crippen molar-refractivity contribution in [1.29, 1.82) is 5.26 Å². The SMILES string of the molecule is N#CC(c1ccccc1)c1nc(Cl)cnc1Cl. The number of hydrogen-bond acceptors (Lipinski definition) is 3. The molecular weight excluding hydrogens is 257 g/mol. The molecule has 2 rings (SSSR count). The van der Waals surface area contributed by atoms with E-state index < -0.39 is 5.92 Å². The van der Waals surface area contributed by atoms with Crippen LogP contribution in [-0.4, -0.2) is 9.97 Å². The molecule has 0 saturated heterocycles. The molecule has 3 nitrogen and oxygen atoms in total. The molecule has 0 fully saturated rings. The summed E-state index contributed by atoms with van der Waals surface area (Å²) in [5.41, 5.74) is 1.20. The van der Waals surface area contributed by atoms with Crippen LogP contribution in [0.2, 0.25) is 10.3 Å². The maximum Gasteiger partial charge on any atom is 0.152 e. The molecule has 1 aromatic carbocycles. The van der Waals surface area contributed by atoms with Gasteiger partial charge in [0.1, 0.15) is 16.8 Å². The second kappa shape index (κ2) is 5.13. The minimum absolute atomic E-state index is 0.199. The number of aromatic nitrogens is 2. The Hall–Kier alpha value is -1.63. The molecule has 0 saturated carbocycles. The van der Waals surface area contributed by atoms with Gasteiger partial charge in [-0.3, -0.25) is 0 Å². The summed E-state index contributed by atoms with van der Waals surface area (Å²) in [5, 5.41) is 9.65. The molecule has 0 aliphatic carbocycles. The molecule has 1 aromatic heterocycles. The van der Waals surface area contributed by atoms with E-state index in [0.717, 1.165) is 5.56 Å². The van der Waals surface area contributed by atoms with Gasteiger partial charge in [0.25, 0.3) is 0 Å². The second-order valence-electron chi connectivity index (χ2n) is 3.34. The molecule has 0 aliphatic heterocycles. The van der Waals surface area contributed by atoms with Gasteiger partial charge in [-0.15, -0.1) is 0 Å². The Labute approximate surface area is 109 Å². The first kappa shape index (κ1) is 11.8. The second-order valence-corrected chi connectivity index (χ2v) is 4.09. The van der Waals surface area contributed by atoms with Gasteiger partial charge in [-0.05, 0) is 5.56 Å². The van der Waals surface area contributed by atoms with E-state index in [4.69, 9.17) is 23.2 Å². The van der Waals surface area contributed by atoms with Crippen molar-refractivity contribution in [2.45, 2.75) is 5.92 Å². The van der Waals surface area contributed by atoms with Gasteiger partial charge < -0.3 is 0 Å². The highest BCUT2D eigenvalue weighted by atomic mass is 35.5. The Bertz CT molecular complexity index is 564. The molecule has 1 heterocycles. The summed E-state index contributed by atoms with van der Waals surface area (Å²) in [4.78, 5) is 7.96. The van der Waals surface area contributed by atoms with E-state index in [2.05, 4.69) is 16.0 Å². The topological polar surface area (TPSA) is 49.6 Å². The van der Waals surface area contributed by atoms with Crippen LogP contribution in [0, 0.1) is 11.3 Å². The first-order chi connectivity index (χ1) is 8.22. The van der Waals surface area contributed by atoms with Crippen molar-refractivity contribution in [2.75, 3.05) is 0 Å². The van der Waals surface area contributed by atoms with Crippen molar-refractivity contribution in [1.82, 2.24) is 9.97 Å². The van der Waals surface area contributed by atoms with E-state index in [1.807, 2.05) is 30.3 Å². The summed E-state index contributed by atoms with van der Waals surface area (Å²) in [6.07, 6.45) is 1.35. The third kappa shape index (κ3) is 2.55. The lowest BCUT2D eigenvalue weighted by molar-refractivity contribution is 0.943. The van der Waals surface area contributed by atoms with Crippen LogP contribution in [0.3, 0.4) is 0 Å². The maximum atomic E-state index is 9.23. The predicted octanol–water partition coefficient (Wildman–Crippen LogP) is 3.44. The van der Waals surface area contributed by atoms with Crippen molar-refractivity contribution in [3.05, 3.63) is 58.1 Å². The van der Waals surface area contributed by atoms with Crippen LogP contribution in [0.4, 0.5) is 0 Å². The number of benzene rings is 1. The molecule has 1 atom stereocenters. The van der Waals surface area contributed by atoms with E-state index in [-0.39, 0.29) is 10.3 Å². The van der Waals surface area contributed by atoms with Gasteiger partial charge >= 0.3 is 0 Å². The number of halogens is 2. The average molecular weight is 264 g/mol. The van der Waals surface area contributed by atoms with Gasteiger partial charge in [0.05, 0.1) is 12.3 Å². The minimum Gasteiger partial charge on any atom is -0.239 e. The zero-order valence-corrected chi connectivity index (χ0v) is 10.2. The van der Waals surface area contributed by atoms with E-state index in [9.17, 15) is 5.26 Å². The largest absolute Gasteiger partial charge is 0.239 e. The molecule has 2 aromatic rings. The smallest absolute Gasteiger partial charge is 0.152 e. The van der Waals surface area contributed by atoms with Gasteiger partial charge in [0.15, 0.2) is 5.15 Å². The van der Waals surface area contributed by atoms with Crippen molar-refractivity contribution >= 4 is 23.2 Å². The fourth-order valence-corrected chi connectivity index (χ4v) is 1.83. The van der Waals surface area contributed by atoms with E-state index in [1.165, 1.54) is 6.20 Å². The highest BCUT2D eigenvalue weighted by Gasteiger charge is 2.19. The summed E-state index contributed by atoms with van der Waals surface area (Å²) >= 11 is 11.7. The molecule has 0 bridgehead atoms. The quantitative estimate of drug-likeness (QED) is 0.834. The predicted molar refractivity (Wildman–Crippen MR) is 66.0 cm³/mol. The molecule has 17 heavy (non-hydrogen) atoms. The van der Waals surface area contributed by atoms with Crippen molar-refractivity contribution in [3.63, 3.8) is 0 Å². The normalized spacial score (nSPS) is 11.8. The Morgan fingerprint density at radius 2 is 1.88 bits per heavy atom. The molecule has 0 aliphatic rings. The van der Waals surface area contributed by atoms with Crippen molar-refractivity contribution in [2.24, 2.45) is 0 Å². The van der Waals surface area contributed by atoms with Crippen LogP contribution in [0.1, 0.15) is 17.2 Å². The molecule has 0 amide bonds. The number of nitriles is 1. The van der Waals surface area contributed by atoms with Crippen LogP contribution in [0.5, 0.6) is 0 Å². The fraction of sp³-hybridized carbons (Fsp3) is 0.0833. The molecule has 0 N–H and O–H groups in total. The first-order valence-corrected chi connectivity index (χ1v) is 5.60. The first-order valence-electron chi connectivity index (χ1n) is 4.85. The zero-order valence-electron chi connectivity index (χ0n) is 8.64. The lowest BCUT2D eigenvalue weighted by Gasteiger charge is -2.09. The molecule has 84 valence electrons. The van der Waals surface area contributed by atoms with Gasteiger partial charge in [-0.1, -0.05) is 53.5 Å². The Kier molecular flexibility index (Phi) is 3.58. The van der Waals surface area contributed by atoms with Crippen LogP contribution < -0.4 is 0 Å². The molecule has 0 spiro atoms. The van der Waals surface area contributed by atoms with Crippen LogP contribution in [0.15, 0.2) is 36.5 Å². The fourth-order valence-electron chi connectivity index (χ4n) is 1.49. The highest BCUT2D eigenvalue weighted by Crippen LogP contribution is 2.27. The Morgan fingerprint density at radius 1 is 1.18 bits per heavy atom. The minimum atomic E-state index is -0.560. The third-order valence-electron chi connectivity index (χ3n) is 2.26. The van der Waals surface area contributed by atoms with Crippen LogP contribution in [-0.2, 0) is 0 Å². The summed E-state index contributed by atoms with van der Waals surface area (Å²) in [5.74, 6) is -0.560. The summed E-state index contributed by atoms with van der Waals surface area (Å²) in [6.45, 7) is 0. The van der Waals surface area contributed by atoms with Gasteiger partial charge in [-0.2, -0.15) is 5.26 Å². The number of rotatable bonds is 2. The number of nitrogens with zero attached hydrogens (tertiary/aromatic N) is 3. The average Bonchev–Trinajstić information content (AvgIpc) is 2.36. The summed E-state index contributed by atoms with van der Waals surface area (Å²) in [7, 11) is 0. The highest BCUT2D eigenvalue weighted by molar-refractivity contribution is 6.31. The Balaban J connectivity index is 2.51. The van der Waals surface area contributed by atoms with Gasteiger partial charge in [-0.25, -0.2) is 9.97 Å². The Morgan fingerprint density at radius 3 is 2.53 bits per heavy atom. The van der Waals surface area contributed by atoms with E-state index in [0.29, 0.717) is 5.69 Å². The molecule has 0 radical (unpaired) electrons. The maximum absolute atomic E-state index is 9.23. The molecule has 5 heteroatoms. The lowest BCUT2D eigenvalue weighted by atomic mass is 9.98. The monoisotopic (exact) mass is 263 g/mol. The molecular formula is C12H7Cl2N3. The van der Waals surface area contributed by atoms with E-state index >= 15 is 0 Å². The third-order valence-corrected chi connectivity index (χ3v) is 2.73. The molecule has 1 unspecified atom stereocenters. The van der Waals surface area contributed by atoms with Crippen molar-refractivity contribution in [3.8, 4) is 6.07 Å². The van der Waals surface area contributed by atoms with Gasteiger partial charge in [0, 0.05) is 0 Å². The summed E-state index contributed by atoms with van der Waals surface area (Å²) in [6, 6.07) is 11.4. The lowest BCUT2D eigenvalue weighted by Crippen LogP contribution is -2.03. The van der Waals surface area contributed by atoms with Crippen LogP contribution >= 0.6 is 23.2 Å². The summed E-state index contributed by atoms with van der Waals surface area (Å²) < 4.78 is 0. The van der Waals surface area contributed by atoms with Gasteiger partial charge in [0.2, 0.25) is 0 Å². The number of hydrogen-bond donors (Lipinski definition) is 0. The van der Waals surface area contributed by atoms with E-state index in [1.54, 1.807) is 0 Å². The van der Waals surface area contributed by atoms with Crippen molar-refractivity contribution < 1.29 is 0 Å². The van der Waals surface area contributed by atoms with Crippen LogP contribution in [0.25, 0.3) is 0 Å². The zero-order chi connectivity index (χ0) is 12.3. The standard InChI is InChI=1S/C12H7Cl2N3/c13-10-7-16-12(14)11(17-10)9(6-15)8-4-2-1-3-5-8/h1-5,7,9H.